The molecule has 0 heterocycles. The molecule has 0 amide bonds. The first-order valence-electron chi connectivity index (χ1n) is 7.24. The van der Waals surface area contributed by atoms with E-state index in [0.29, 0.717) is 0 Å². The van der Waals surface area contributed by atoms with Crippen LogP contribution in [-0.4, -0.2) is 11.1 Å². The zero-order valence-electron chi connectivity index (χ0n) is 11.8. The molecule has 0 aliphatic heterocycles. The van der Waals surface area contributed by atoms with Crippen LogP contribution in [0.4, 0.5) is 0 Å². The second kappa shape index (κ2) is 5.64. The molecule has 3 rings (SSSR count). The summed E-state index contributed by atoms with van der Waals surface area (Å²) >= 11 is 3.73. The van der Waals surface area contributed by atoms with E-state index < -0.39 is 11.9 Å². The third kappa shape index (κ3) is 2.30. The van der Waals surface area contributed by atoms with Crippen LogP contribution in [0, 0.1) is 0 Å². The Morgan fingerprint density at radius 3 is 2.62 bits per heavy atom. The molecule has 2 unspecified atom stereocenters. The molecule has 0 aromatic heterocycles. The molecule has 2 nitrogen and oxygen atoms in total. The topological polar surface area (TPSA) is 37.3 Å². The molecule has 0 fully saturated rings. The van der Waals surface area contributed by atoms with Gasteiger partial charge in [0, 0.05) is 4.83 Å². The highest BCUT2D eigenvalue weighted by Crippen LogP contribution is 2.49. The average molecular weight is 345 g/mol. The van der Waals surface area contributed by atoms with Crippen molar-refractivity contribution in [3.05, 3.63) is 59.2 Å². The third-order valence-electron chi connectivity index (χ3n) is 4.12. The van der Waals surface area contributed by atoms with Crippen LogP contribution in [0.15, 0.2) is 42.5 Å². The fourth-order valence-corrected chi connectivity index (χ4v) is 4.09. The van der Waals surface area contributed by atoms with Crippen LogP contribution in [0.3, 0.4) is 0 Å². The van der Waals surface area contributed by atoms with Gasteiger partial charge in [0.2, 0.25) is 0 Å². The standard InChI is InChI=1S/C18H17BrO2/c1-2-6-15(19)14-10-5-9-12-11-7-3-4-8-13(11)17(16(12)14)18(20)21/h3-5,7-10,15,17H,2,6H2,1H3,(H,20,21). The number of carbonyl (C=O) groups is 1. The van der Waals surface area contributed by atoms with Crippen molar-refractivity contribution >= 4 is 21.9 Å². The number of halogens is 1. The Morgan fingerprint density at radius 2 is 1.90 bits per heavy atom. The molecule has 1 aliphatic carbocycles. The largest absolute Gasteiger partial charge is 0.481 e. The van der Waals surface area contributed by atoms with Gasteiger partial charge in [-0.1, -0.05) is 71.7 Å². The Bertz CT molecular complexity index is 693. The molecule has 3 heteroatoms. The predicted octanol–water partition coefficient (Wildman–Crippen LogP) is 5.12. The fourth-order valence-electron chi connectivity index (χ4n) is 3.23. The average Bonchev–Trinajstić information content (AvgIpc) is 2.82. The van der Waals surface area contributed by atoms with Crippen molar-refractivity contribution in [3.8, 4) is 11.1 Å². The summed E-state index contributed by atoms with van der Waals surface area (Å²) < 4.78 is 0. The minimum absolute atomic E-state index is 0.202. The van der Waals surface area contributed by atoms with E-state index in [-0.39, 0.29) is 4.83 Å². The lowest BCUT2D eigenvalue weighted by molar-refractivity contribution is -0.137. The summed E-state index contributed by atoms with van der Waals surface area (Å²) in [4.78, 5) is 12.0. The highest BCUT2D eigenvalue weighted by atomic mass is 79.9. The van der Waals surface area contributed by atoms with E-state index in [4.69, 9.17) is 0 Å². The number of rotatable bonds is 4. The first kappa shape index (κ1) is 14.3. The molecule has 108 valence electrons. The van der Waals surface area contributed by atoms with E-state index in [9.17, 15) is 9.90 Å². The number of benzene rings is 2. The first-order chi connectivity index (χ1) is 10.1. The van der Waals surface area contributed by atoms with Gasteiger partial charge < -0.3 is 5.11 Å². The minimum Gasteiger partial charge on any atom is -0.481 e. The number of hydrogen-bond acceptors (Lipinski definition) is 1. The highest BCUT2D eigenvalue weighted by molar-refractivity contribution is 9.09. The van der Waals surface area contributed by atoms with E-state index >= 15 is 0 Å². The Morgan fingerprint density at radius 1 is 1.19 bits per heavy atom. The maximum atomic E-state index is 11.8. The van der Waals surface area contributed by atoms with E-state index in [0.717, 1.165) is 40.7 Å². The van der Waals surface area contributed by atoms with Gasteiger partial charge in [-0.15, -0.1) is 0 Å². The van der Waals surface area contributed by atoms with Gasteiger partial charge in [-0.05, 0) is 34.2 Å². The van der Waals surface area contributed by atoms with Gasteiger partial charge in [0.05, 0.1) is 0 Å². The second-order valence-electron chi connectivity index (χ2n) is 5.42. The summed E-state index contributed by atoms with van der Waals surface area (Å²) in [7, 11) is 0. The normalized spacial score (nSPS) is 17.1. The van der Waals surface area contributed by atoms with Crippen LogP contribution in [0.1, 0.15) is 47.2 Å². The number of carboxylic acids is 1. The lowest BCUT2D eigenvalue weighted by atomic mass is 9.91. The van der Waals surface area contributed by atoms with Crippen molar-refractivity contribution in [1.82, 2.24) is 0 Å². The van der Waals surface area contributed by atoms with Gasteiger partial charge in [-0.25, -0.2) is 0 Å². The van der Waals surface area contributed by atoms with Crippen molar-refractivity contribution in [2.45, 2.75) is 30.5 Å². The van der Waals surface area contributed by atoms with Crippen LogP contribution in [-0.2, 0) is 4.79 Å². The van der Waals surface area contributed by atoms with Gasteiger partial charge in [-0.3, -0.25) is 4.79 Å². The van der Waals surface area contributed by atoms with Gasteiger partial charge >= 0.3 is 5.97 Å². The molecule has 1 aliphatic rings. The quantitative estimate of drug-likeness (QED) is 0.781. The summed E-state index contributed by atoms with van der Waals surface area (Å²) in [6.45, 7) is 2.14. The third-order valence-corrected chi connectivity index (χ3v) is 5.07. The molecule has 2 atom stereocenters. The molecule has 0 saturated carbocycles. The fraction of sp³-hybridized carbons (Fsp3) is 0.278. The number of aliphatic carboxylic acids is 1. The molecule has 21 heavy (non-hydrogen) atoms. The number of fused-ring (bicyclic) bond motifs is 3. The predicted molar refractivity (Wildman–Crippen MR) is 87.9 cm³/mol. The smallest absolute Gasteiger partial charge is 0.315 e. The van der Waals surface area contributed by atoms with Crippen LogP contribution in [0.5, 0.6) is 0 Å². The lowest BCUT2D eigenvalue weighted by Crippen LogP contribution is -2.12. The zero-order chi connectivity index (χ0) is 15.0. The monoisotopic (exact) mass is 344 g/mol. The number of alkyl halides is 1. The van der Waals surface area contributed by atoms with Crippen molar-refractivity contribution in [2.24, 2.45) is 0 Å². The molecular formula is C18H17BrO2. The van der Waals surface area contributed by atoms with E-state index in [1.807, 2.05) is 36.4 Å². The van der Waals surface area contributed by atoms with Crippen molar-refractivity contribution < 1.29 is 9.90 Å². The molecular weight excluding hydrogens is 328 g/mol. The SMILES string of the molecule is CCCC(Br)c1cccc2c1C(C(=O)O)c1ccccc1-2. The van der Waals surface area contributed by atoms with Crippen LogP contribution >= 0.6 is 15.9 Å². The summed E-state index contributed by atoms with van der Waals surface area (Å²) in [6, 6.07) is 13.9. The summed E-state index contributed by atoms with van der Waals surface area (Å²) in [5.41, 5.74) is 5.09. The zero-order valence-corrected chi connectivity index (χ0v) is 13.4. The van der Waals surface area contributed by atoms with E-state index in [2.05, 4.69) is 28.9 Å². The Kier molecular flexibility index (Phi) is 3.85. The van der Waals surface area contributed by atoms with Gasteiger partial charge in [0.1, 0.15) is 5.92 Å². The van der Waals surface area contributed by atoms with Crippen molar-refractivity contribution in [1.29, 1.82) is 0 Å². The summed E-state index contributed by atoms with van der Waals surface area (Å²) in [6.07, 6.45) is 2.06. The van der Waals surface area contributed by atoms with E-state index in [1.165, 1.54) is 0 Å². The van der Waals surface area contributed by atoms with Gasteiger partial charge in [0.15, 0.2) is 0 Å². The number of hydrogen-bond donors (Lipinski definition) is 1. The number of carboxylic acid groups (broad SMARTS) is 1. The van der Waals surface area contributed by atoms with Gasteiger partial charge in [-0.2, -0.15) is 0 Å². The van der Waals surface area contributed by atoms with Crippen LogP contribution in [0.25, 0.3) is 11.1 Å². The Labute approximate surface area is 132 Å². The minimum atomic E-state index is -0.773. The Hall–Kier alpha value is -1.61. The van der Waals surface area contributed by atoms with Gasteiger partial charge in [0.25, 0.3) is 0 Å². The summed E-state index contributed by atoms with van der Waals surface area (Å²) in [5, 5.41) is 9.73. The van der Waals surface area contributed by atoms with Crippen molar-refractivity contribution in [3.63, 3.8) is 0 Å². The molecule has 0 radical (unpaired) electrons. The maximum absolute atomic E-state index is 11.8. The molecule has 0 saturated heterocycles. The maximum Gasteiger partial charge on any atom is 0.315 e. The summed E-state index contributed by atoms with van der Waals surface area (Å²) in [5.74, 6) is -1.32. The highest BCUT2D eigenvalue weighted by Gasteiger charge is 2.36. The van der Waals surface area contributed by atoms with Crippen molar-refractivity contribution in [2.75, 3.05) is 0 Å². The molecule has 2 aromatic rings. The van der Waals surface area contributed by atoms with Crippen LogP contribution in [0.2, 0.25) is 0 Å². The molecule has 0 bridgehead atoms. The first-order valence-corrected chi connectivity index (χ1v) is 8.15. The Balaban J connectivity index is 2.23. The molecule has 1 N–H and O–H groups in total. The van der Waals surface area contributed by atoms with E-state index in [1.54, 1.807) is 0 Å². The van der Waals surface area contributed by atoms with Crippen LogP contribution < -0.4 is 0 Å². The second-order valence-corrected chi connectivity index (χ2v) is 6.53. The lowest BCUT2D eigenvalue weighted by Gasteiger charge is -2.17. The molecule has 0 spiro atoms. The molecule has 2 aromatic carbocycles.